The number of nitrogens with two attached hydrogens (primary N) is 1. The molecule has 0 spiro atoms. The largest absolute Gasteiger partial charge is 0.444 e. The van der Waals surface area contributed by atoms with Crippen molar-refractivity contribution in [1.29, 1.82) is 0 Å². The van der Waals surface area contributed by atoms with Crippen molar-refractivity contribution in [1.82, 2.24) is 0 Å². The van der Waals surface area contributed by atoms with Crippen LogP contribution in [0.5, 0.6) is 0 Å². The van der Waals surface area contributed by atoms with Crippen molar-refractivity contribution in [3.05, 3.63) is 0 Å². The molecule has 2 aliphatic carbocycles. The zero-order valence-electron chi connectivity index (χ0n) is 14.0. The Kier molecular flexibility index (Phi) is 5.47. The van der Waals surface area contributed by atoms with Crippen LogP contribution in [0.3, 0.4) is 0 Å². The van der Waals surface area contributed by atoms with Crippen LogP contribution in [0.1, 0.15) is 38.5 Å². The van der Waals surface area contributed by atoms with E-state index in [9.17, 15) is 26.7 Å². The van der Waals surface area contributed by atoms with Crippen molar-refractivity contribution in [2.75, 3.05) is 6.61 Å². The van der Waals surface area contributed by atoms with E-state index in [0.717, 1.165) is 19.3 Å². The van der Waals surface area contributed by atoms with Crippen molar-refractivity contribution in [3.63, 3.8) is 0 Å². The van der Waals surface area contributed by atoms with Crippen molar-refractivity contribution in [2.24, 2.45) is 23.5 Å². The highest BCUT2D eigenvalue weighted by Gasteiger charge is 2.59. The van der Waals surface area contributed by atoms with Gasteiger partial charge in [0.1, 0.15) is 0 Å². The molecule has 2 saturated carbocycles. The van der Waals surface area contributed by atoms with Crippen LogP contribution >= 0.6 is 0 Å². The fourth-order valence-electron chi connectivity index (χ4n) is 4.26. The summed E-state index contributed by atoms with van der Waals surface area (Å²) in [6.45, 7) is 0.632. The lowest BCUT2D eigenvalue weighted by Crippen LogP contribution is -2.54. The summed E-state index contributed by atoms with van der Waals surface area (Å²) in [7, 11) is 0. The molecule has 1 aliphatic heterocycles. The van der Waals surface area contributed by atoms with Gasteiger partial charge < -0.3 is 14.2 Å². The number of halogens is 5. The summed E-state index contributed by atoms with van der Waals surface area (Å²) in [5, 5.41) is 0. The van der Waals surface area contributed by atoms with Crippen molar-refractivity contribution in [2.45, 2.75) is 69.2 Å². The molecule has 2 N–H and O–H groups in total. The molecule has 0 aromatic rings. The van der Waals surface area contributed by atoms with Gasteiger partial charge in [-0.3, -0.25) is 10.5 Å². The van der Waals surface area contributed by atoms with Gasteiger partial charge in [-0.15, -0.1) is 0 Å². The van der Waals surface area contributed by atoms with Crippen molar-refractivity contribution >= 4 is 5.97 Å². The summed E-state index contributed by atoms with van der Waals surface area (Å²) in [5.74, 6) is -2.34. The zero-order valence-corrected chi connectivity index (χ0v) is 14.0. The van der Waals surface area contributed by atoms with Gasteiger partial charge in [0.05, 0.1) is 12.0 Å². The molecule has 1 saturated heterocycles. The van der Waals surface area contributed by atoms with E-state index in [4.69, 9.17) is 9.47 Å². The van der Waals surface area contributed by atoms with E-state index < -0.39 is 30.2 Å². The van der Waals surface area contributed by atoms with Crippen LogP contribution in [0.2, 0.25) is 0 Å². The van der Waals surface area contributed by atoms with E-state index in [1.165, 1.54) is 0 Å². The molecule has 0 aromatic heterocycles. The number of rotatable bonds is 5. The Morgan fingerprint density at radius 2 is 1.81 bits per heavy atom. The van der Waals surface area contributed by atoms with E-state index in [-0.39, 0.29) is 30.7 Å². The topological polar surface area (TPSA) is 70.8 Å². The van der Waals surface area contributed by atoms with Crippen molar-refractivity contribution in [3.8, 4) is 0 Å². The fourth-order valence-corrected chi connectivity index (χ4v) is 4.26. The highest BCUT2D eigenvalue weighted by atomic mass is 19.4. The number of carbonyl (C=O) groups is 1. The second-order valence-corrected chi connectivity index (χ2v) is 7.34. The maximum atomic E-state index is 13.0. The van der Waals surface area contributed by atoms with Gasteiger partial charge in [0.15, 0.2) is 6.29 Å². The molecule has 6 unspecified atom stereocenters. The summed E-state index contributed by atoms with van der Waals surface area (Å²) in [5.41, 5.74) is 4.25. The third-order valence-electron chi connectivity index (χ3n) is 5.44. The lowest BCUT2D eigenvalue weighted by atomic mass is 9.87. The van der Waals surface area contributed by atoms with Crippen LogP contribution in [-0.2, 0) is 19.0 Å². The molecule has 10 heteroatoms. The Hall–Kier alpha value is -1.00. The lowest BCUT2D eigenvalue weighted by Gasteiger charge is -2.32. The summed E-state index contributed by atoms with van der Waals surface area (Å²) in [4.78, 5) is 12.1. The van der Waals surface area contributed by atoms with Gasteiger partial charge in [-0.25, -0.2) is 0 Å². The number of carbonyl (C=O) groups excluding carboxylic acids is 1. The molecule has 3 aliphatic rings. The SMILES string of the molecule is NC(F)(F)C(OC(=O)C1CC2CC1CC2OC1CCCCO1)C(F)(F)F. The van der Waals surface area contributed by atoms with Crippen LogP contribution in [0, 0.1) is 17.8 Å². The van der Waals surface area contributed by atoms with Crippen LogP contribution in [0.25, 0.3) is 0 Å². The van der Waals surface area contributed by atoms with Gasteiger partial charge in [0.25, 0.3) is 6.10 Å². The van der Waals surface area contributed by atoms with Crippen LogP contribution in [-0.4, -0.2) is 43.3 Å². The molecule has 0 amide bonds. The molecule has 1 heterocycles. The average molecular weight is 387 g/mol. The standard InChI is InChI=1S/C16H22F5NO4/c17-15(18,19)14(16(20,21)22)26-13(23)10-6-9-5-8(10)7-11(9)25-12-3-1-2-4-24-12/h8-12,14H,1-7,22H2. The fraction of sp³-hybridized carbons (Fsp3) is 0.938. The number of hydrogen-bond donors (Lipinski definition) is 1. The molecule has 6 atom stereocenters. The van der Waals surface area contributed by atoms with Crippen molar-refractivity contribution < 1.29 is 41.0 Å². The summed E-state index contributed by atoms with van der Waals surface area (Å²) in [6.07, 6.45) is -5.35. The number of esters is 1. The smallest absolute Gasteiger partial charge is 0.433 e. The number of fused-ring (bicyclic) bond motifs is 2. The van der Waals surface area contributed by atoms with E-state index in [2.05, 4.69) is 10.5 Å². The summed E-state index contributed by atoms with van der Waals surface area (Å²) in [6, 6.07) is -4.69. The molecular formula is C16H22F5NO4. The van der Waals surface area contributed by atoms with Crippen LogP contribution in [0.4, 0.5) is 22.0 Å². The molecule has 150 valence electrons. The van der Waals surface area contributed by atoms with E-state index in [0.29, 0.717) is 19.4 Å². The number of alkyl halides is 5. The van der Waals surface area contributed by atoms with Gasteiger partial charge >= 0.3 is 18.2 Å². The van der Waals surface area contributed by atoms with E-state index in [1.807, 2.05) is 0 Å². The third-order valence-corrected chi connectivity index (χ3v) is 5.44. The Morgan fingerprint density at radius 1 is 1.08 bits per heavy atom. The second kappa shape index (κ2) is 7.20. The Labute approximate surface area is 147 Å². The van der Waals surface area contributed by atoms with Crippen LogP contribution in [0.15, 0.2) is 0 Å². The minimum Gasteiger partial charge on any atom is -0.444 e. The second-order valence-electron chi connectivity index (χ2n) is 7.34. The average Bonchev–Trinajstić information content (AvgIpc) is 3.11. The molecule has 3 rings (SSSR count). The van der Waals surface area contributed by atoms with Gasteiger partial charge in [-0.2, -0.15) is 22.0 Å². The lowest BCUT2D eigenvalue weighted by molar-refractivity contribution is -0.278. The number of ether oxygens (including phenoxy) is 3. The highest BCUT2D eigenvalue weighted by Crippen LogP contribution is 2.51. The first-order valence-corrected chi connectivity index (χ1v) is 8.76. The first-order chi connectivity index (χ1) is 12.1. The molecule has 3 fully saturated rings. The van der Waals surface area contributed by atoms with Gasteiger partial charge in [0, 0.05) is 6.61 Å². The predicted molar refractivity (Wildman–Crippen MR) is 77.9 cm³/mol. The Morgan fingerprint density at radius 3 is 2.31 bits per heavy atom. The minimum absolute atomic E-state index is 0.00852. The molecular weight excluding hydrogens is 365 g/mol. The third kappa shape index (κ3) is 4.28. The molecule has 2 bridgehead atoms. The highest BCUT2D eigenvalue weighted by molar-refractivity contribution is 5.74. The first-order valence-electron chi connectivity index (χ1n) is 8.76. The maximum absolute atomic E-state index is 13.0. The monoisotopic (exact) mass is 387 g/mol. The Bertz CT molecular complexity index is 504. The summed E-state index contributed by atoms with van der Waals surface area (Å²) >= 11 is 0. The molecule has 5 nitrogen and oxygen atoms in total. The molecule has 0 aromatic carbocycles. The quantitative estimate of drug-likeness (QED) is 0.446. The molecule has 26 heavy (non-hydrogen) atoms. The van der Waals surface area contributed by atoms with E-state index in [1.54, 1.807) is 0 Å². The maximum Gasteiger partial charge on any atom is 0.433 e. The Balaban J connectivity index is 1.55. The molecule has 0 radical (unpaired) electrons. The first kappa shape index (κ1) is 19.8. The van der Waals surface area contributed by atoms with Gasteiger partial charge in [-0.1, -0.05) is 0 Å². The van der Waals surface area contributed by atoms with Gasteiger partial charge in [-0.05, 0) is 50.4 Å². The van der Waals surface area contributed by atoms with E-state index >= 15 is 0 Å². The predicted octanol–water partition coefficient (Wildman–Crippen LogP) is 2.97. The minimum atomic E-state index is -5.44. The summed E-state index contributed by atoms with van der Waals surface area (Å²) < 4.78 is 79.6. The zero-order chi connectivity index (χ0) is 19.1. The van der Waals surface area contributed by atoms with Crippen LogP contribution < -0.4 is 5.73 Å². The normalized spacial score (nSPS) is 36.2. The number of hydrogen-bond acceptors (Lipinski definition) is 5. The van der Waals surface area contributed by atoms with Gasteiger partial charge in [0.2, 0.25) is 0 Å².